The van der Waals surface area contributed by atoms with Gasteiger partial charge in [-0.1, -0.05) is 5.11 Å². The fraction of sp³-hybridized carbons (Fsp3) is 0.692. The molecule has 1 saturated heterocycles. The lowest BCUT2D eigenvalue weighted by Gasteiger charge is -2.17. The van der Waals surface area contributed by atoms with Crippen LogP contribution in [-0.2, 0) is 11.3 Å². The van der Waals surface area contributed by atoms with E-state index in [0.29, 0.717) is 5.56 Å². The van der Waals surface area contributed by atoms with Gasteiger partial charge >= 0.3 is 5.69 Å². The van der Waals surface area contributed by atoms with E-state index in [4.69, 9.17) is 15.4 Å². The van der Waals surface area contributed by atoms with Crippen LogP contribution < -0.4 is 11.2 Å². The third-order valence-electron chi connectivity index (χ3n) is 3.80. The molecule has 2 rings (SSSR count). The summed E-state index contributed by atoms with van der Waals surface area (Å²) in [6, 6.07) is -0.583. The Labute approximate surface area is 131 Å². The van der Waals surface area contributed by atoms with Crippen LogP contribution in [-0.4, -0.2) is 44.7 Å². The molecule has 0 spiro atoms. The summed E-state index contributed by atoms with van der Waals surface area (Å²) in [5.41, 5.74) is 7.94. The number of aliphatic hydroxyl groups excluding tert-OH is 2. The van der Waals surface area contributed by atoms with Crippen LogP contribution in [0.5, 0.6) is 0 Å². The molecule has 1 aromatic rings. The van der Waals surface area contributed by atoms with E-state index in [1.807, 2.05) is 0 Å². The molecule has 1 aliphatic heterocycles. The largest absolute Gasteiger partial charge is 0.396 e. The van der Waals surface area contributed by atoms with Crippen LogP contribution in [0.25, 0.3) is 10.4 Å². The van der Waals surface area contributed by atoms with Crippen molar-refractivity contribution in [1.82, 2.24) is 9.13 Å². The van der Waals surface area contributed by atoms with E-state index in [1.165, 1.54) is 10.8 Å². The Morgan fingerprint density at radius 1 is 1.48 bits per heavy atom. The second kappa shape index (κ2) is 7.42. The second-order valence-electron chi connectivity index (χ2n) is 5.36. The summed E-state index contributed by atoms with van der Waals surface area (Å²) in [4.78, 5) is 27.3. The molecule has 0 amide bonds. The van der Waals surface area contributed by atoms with Crippen molar-refractivity contribution in [3.05, 3.63) is 43.0 Å². The Balaban J connectivity index is 2.40. The summed E-state index contributed by atoms with van der Waals surface area (Å²) in [6.07, 6.45) is 0.491. The number of aliphatic hydroxyl groups is 2. The third-order valence-corrected chi connectivity index (χ3v) is 3.80. The average Bonchev–Trinajstić information content (AvgIpc) is 2.94. The van der Waals surface area contributed by atoms with Gasteiger partial charge in [0.1, 0.15) is 6.23 Å². The number of aromatic nitrogens is 2. The highest BCUT2D eigenvalue weighted by Gasteiger charge is 2.36. The number of azide groups is 1. The smallest absolute Gasteiger partial charge is 0.333 e. The first-order chi connectivity index (χ1) is 11.0. The Hall–Kier alpha value is -2.13. The van der Waals surface area contributed by atoms with Crippen LogP contribution in [0, 0.1) is 6.92 Å². The van der Waals surface area contributed by atoms with Crippen molar-refractivity contribution in [3.8, 4) is 0 Å². The molecule has 10 nitrogen and oxygen atoms in total. The van der Waals surface area contributed by atoms with E-state index in [-0.39, 0.29) is 32.6 Å². The summed E-state index contributed by atoms with van der Waals surface area (Å²) in [6.45, 7) is 1.21. The zero-order chi connectivity index (χ0) is 17.0. The molecule has 1 aromatic heterocycles. The highest BCUT2D eigenvalue weighted by atomic mass is 16.5. The van der Waals surface area contributed by atoms with Crippen LogP contribution in [0.3, 0.4) is 0 Å². The van der Waals surface area contributed by atoms with E-state index in [9.17, 15) is 14.7 Å². The summed E-state index contributed by atoms with van der Waals surface area (Å²) >= 11 is 0. The van der Waals surface area contributed by atoms with Crippen molar-refractivity contribution in [1.29, 1.82) is 0 Å². The van der Waals surface area contributed by atoms with E-state index in [0.717, 1.165) is 4.57 Å². The van der Waals surface area contributed by atoms with Crippen LogP contribution >= 0.6 is 0 Å². The summed E-state index contributed by atoms with van der Waals surface area (Å²) in [5, 5.41) is 21.8. The number of nitrogens with zero attached hydrogens (tertiary/aromatic N) is 5. The van der Waals surface area contributed by atoms with Gasteiger partial charge in [-0.15, -0.1) is 0 Å². The van der Waals surface area contributed by atoms with Gasteiger partial charge in [-0.25, -0.2) is 4.79 Å². The van der Waals surface area contributed by atoms with Gasteiger partial charge in [-0.3, -0.25) is 13.9 Å². The Kier molecular flexibility index (Phi) is 5.56. The van der Waals surface area contributed by atoms with E-state index in [1.54, 1.807) is 6.92 Å². The second-order valence-corrected chi connectivity index (χ2v) is 5.36. The fourth-order valence-corrected chi connectivity index (χ4v) is 2.63. The van der Waals surface area contributed by atoms with Crippen LogP contribution in [0.4, 0.5) is 0 Å². The van der Waals surface area contributed by atoms with Gasteiger partial charge in [-0.05, 0) is 18.9 Å². The first-order valence-corrected chi connectivity index (χ1v) is 7.27. The predicted octanol–water partition coefficient (Wildman–Crippen LogP) is -0.340. The van der Waals surface area contributed by atoms with Gasteiger partial charge in [0.15, 0.2) is 0 Å². The highest BCUT2D eigenvalue weighted by Crippen LogP contribution is 2.29. The summed E-state index contributed by atoms with van der Waals surface area (Å²) < 4.78 is 7.89. The van der Waals surface area contributed by atoms with Crippen molar-refractivity contribution >= 4 is 0 Å². The molecule has 0 saturated carbocycles. The number of hydrogen-bond acceptors (Lipinski definition) is 6. The van der Waals surface area contributed by atoms with Gasteiger partial charge in [0.25, 0.3) is 5.56 Å². The highest BCUT2D eigenvalue weighted by molar-refractivity contribution is 5.04. The summed E-state index contributed by atoms with van der Waals surface area (Å²) in [7, 11) is 0. The standard InChI is InChI=1S/C13H19N5O5/c1-8-6-18(13(22)17(12(8)21)3-2-4-19)11-5-9(15-16-14)10(7-20)23-11/h6,9-11,19-20H,2-5,7H2,1H3. The first-order valence-electron chi connectivity index (χ1n) is 7.27. The predicted molar refractivity (Wildman–Crippen MR) is 79.9 cm³/mol. The molecule has 0 radical (unpaired) electrons. The Morgan fingerprint density at radius 2 is 2.22 bits per heavy atom. The van der Waals surface area contributed by atoms with E-state index < -0.39 is 29.6 Å². The third kappa shape index (κ3) is 3.45. The van der Waals surface area contributed by atoms with Crippen molar-refractivity contribution in [2.45, 2.75) is 44.7 Å². The molecule has 0 bridgehead atoms. The normalized spacial score (nSPS) is 23.7. The van der Waals surface area contributed by atoms with Crippen LogP contribution in [0.1, 0.15) is 24.6 Å². The fourth-order valence-electron chi connectivity index (χ4n) is 2.63. The van der Waals surface area contributed by atoms with Crippen LogP contribution in [0.2, 0.25) is 0 Å². The average molecular weight is 325 g/mol. The zero-order valence-corrected chi connectivity index (χ0v) is 12.7. The lowest BCUT2D eigenvalue weighted by Crippen LogP contribution is -2.42. The minimum Gasteiger partial charge on any atom is -0.396 e. The molecule has 23 heavy (non-hydrogen) atoms. The van der Waals surface area contributed by atoms with Crippen molar-refractivity contribution in [2.24, 2.45) is 5.11 Å². The van der Waals surface area contributed by atoms with Gasteiger partial charge in [0, 0.05) is 36.2 Å². The lowest BCUT2D eigenvalue weighted by molar-refractivity contribution is -0.0277. The molecular formula is C13H19N5O5. The van der Waals surface area contributed by atoms with E-state index >= 15 is 0 Å². The lowest BCUT2D eigenvalue weighted by atomic mass is 10.1. The molecule has 10 heteroatoms. The SMILES string of the molecule is Cc1cn(C2CC(N=[N+]=[N-])C(CO)O2)c(=O)n(CCCO)c1=O. The quantitative estimate of drug-likeness (QED) is 0.418. The molecular weight excluding hydrogens is 306 g/mol. The van der Waals surface area contributed by atoms with Crippen LogP contribution in [0.15, 0.2) is 20.9 Å². The first kappa shape index (κ1) is 17.2. The van der Waals surface area contributed by atoms with Gasteiger partial charge in [0.2, 0.25) is 0 Å². The molecule has 2 heterocycles. The minimum atomic E-state index is -0.727. The number of aryl methyl sites for hydroxylation is 1. The number of ether oxygens (including phenoxy) is 1. The van der Waals surface area contributed by atoms with Gasteiger partial charge < -0.3 is 14.9 Å². The van der Waals surface area contributed by atoms with Crippen molar-refractivity contribution < 1.29 is 14.9 Å². The topological polar surface area (TPSA) is 142 Å². The number of rotatable bonds is 6. The molecule has 3 unspecified atom stereocenters. The van der Waals surface area contributed by atoms with Gasteiger partial charge in [-0.2, -0.15) is 0 Å². The maximum Gasteiger partial charge on any atom is 0.333 e. The minimum absolute atomic E-state index is 0.103. The number of hydrogen-bond donors (Lipinski definition) is 2. The van der Waals surface area contributed by atoms with Crippen molar-refractivity contribution in [3.63, 3.8) is 0 Å². The molecule has 1 fully saturated rings. The molecule has 126 valence electrons. The van der Waals surface area contributed by atoms with E-state index in [2.05, 4.69) is 10.0 Å². The maximum absolute atomic E-state index is 12.5. The zero-order valence-electron chi connectivity index (χ0n) is 12.7. The molecule has 0 aliphatic carbocycles. The molecule has 1 aliphatic rings. The maximum atomic E-state index is 12.5. The molecule has 0 aromatic carbocycles. The monoisotopic (exact) mass is 325 g/mol. The summed E-state index contributed by atoms with van der Waals surface area (Å²) in [5.74, 6) is 0. The molecule has 2 N–H and O–H groups in total. The van der Waals surface area contributed by atoms with Gasteiger partial charge in [0.05, 0.1) is 18.8 Å². The Morgan fingerprint density at radius 3 is 2.83 bits per heavy atom. The molecule has 3 atom stereocenters. The Bertz CT molecular complexity index is 720. The van der Waals surface area contributed by atoms with Crippen molar-refractivity contribution in [2.75, 3.05) is 13.2 Å².